The lowest BCUT2D eigenvalue weighted by Gasteiger charge is -2.13. The Kier molecular flexibility index (Phi) is 4.44. The Labute approximate surface area is 159 Å². The number of fused-ring (bicyclic) bond motifs is 1. The molecule has 0 saturated carbocycles. The van der Waals surface area contributed by atoms with Crippen molar-refractivity contribution in [2.45, 2.75) is 25.8 Å². The molecule has 1 atom stereocenters. The molecule has 1 aliphatic rings. The molecule has 0 bridgehead atoms. The van der Waals surface area contributed by atoms with Gasteiger partial charge in [0.1, 0.15) is 0 Å². The Balaban J connectivity index is 1.64. The van der Waals surface area contributed by atoms with Crippen LogP contribution in [0.15, 0.2) is 42.7 Å². The molecular formula is C18H17N7O3. The van der Waals surface area contributed by atoms with Gasteiger partial charge in [0.2, 0.25) is 11.7 Å². The highest BCUT2D eigenvalue weighted by Crippen LogP contribution is 2.34. The standard InChI is InChI=1S/C18H17N7O3/c1-11(26)21-15-5-2-12-10-13(3-4-14(12)15)22-18-16(25(27)28)6-7-17(23-18)24-19-8-9-20-24/h3-4,6-10,15H,2,5H2,1H3,(H,21,26)(H,22,23)/t15-/m1/s1. The zero-order valence-electron chi connectivity index (χ0n) is 15.0. The second-order valence-electron chi connectivity index (χ2n) is 6.44. The SMILES string of the molecule is CC(=O)N[C@@H]1CCc2cc(Nc3nc(-n4nccn4)ccc3[N+](=O)[O-])ccc21. The zero-order valence-corrected chi connectivity index (χ0v) is 15.0. The van der Waals surface area contributed by atoms with Crippen LogP contribution in [-0.2, 0) is 11.2 Å². The summed E-state index contributed by atoms with van der Waals surface area (Å²) in [5, 5.41) is 25.4. The van der Waals surface area contributed by atoms with E-state index in [1.54, 1.807) is 0 Å². The van der Waals surface area contributed by atoms with E-state index < -0.39 is 4.92 Å². The van der Waals surface area contributed by atoms with Crippen molar-refractivity contribution in [1.82, 2.24) is 25.3 Å². The molecule has 4 rings (SSSR count). The van der Waals surface area contributed by atoms with Crippen molar-refractivity contribution in [3.63, 3.8) is 0 Å². The van der Waals surface area contributed by atoms with Gasteiger partial charge < -0.3 is 10.6 Å². The molecule has 10 heteroatoms. The summed E-state index contributed by atoms with van der Waals surface area (Å²) in [5.41, 5.74) is 2.70. The number of aromatic nitrogens is 4. The number of pyridine rings is 1. The normalized spacial score (nSPS) is 15.1. The predicted molar refractivity (Wildman–Crippen MR) is 100 cm³/mol. The van der Waals surface area contributed by atoms with Crippen LogP contribution in [0.4, 0.5) is 17.2 Å². The van der Waals surface area contributed by atoms with Crippen LogP contribution in [0.5, 0.6) is 0 Å². The molecule has 142 valence electrons. The molecule has 0 saturated heterocycles. The van der Waals surface area contributed by atoms with Gasteiger partial charge in [0.25, 0.3) is 0 Å². The smallest absolute Gasteiger partial charge is 0.311 e. The summed E-state index contributed by atoms with van der Waals surface area (Å²) in [5.74, 6) is 0.407. The van der Waals surface area contributed by atoms with Crippen molar-refractivity contribution in [2.24, 2.45) is 0 Å². The number of anilines is 2. The van der Waals surface area contributed by atoms with E-state index in [0.717, 1.165) is 24.0 Å². The predicted octanol–water partition coefficient (Wildman–Crippen LogP) is 2.44. The van der Waals surface area contributed by atoms with Crippen molar-refractivity contribution >= 4 is 23.1 Å². The van der Waals surface area contributed by atoms with E-state index in [9.17, 15) is 14.9 Å². The molecule has 0 aliphatic heterocycles. The third-order valence-electron chi connectivity index (χ3n) is 4.54. The van der Waals surface area contributed by atoms with Gasteiger partial charge in [-0.3, -0.25) is 14.9 Å². The maximum Gasteiger partial charge on any atom is 0.311 e. The third kappa shape index (κ3) is 3.39. The van der Waals surface area contributed by atoms with E-state index in [0.29, 0.717) is 11.5 Å². The molecule has 2 heterocycles. The minimum atomic E-state index is -0.490. The lowest BCUT2D eigenvalue weighted by molar-refractivity contribution is -0.384. The number of rotatable bonds is 5. The Hall–Kier alpha value is -3.82. The fourth-order valence-electron chi connectivity index (χ4n) is 3.35. The number of aryl methyl sites for hydroxylation is 1. The summed E-state index contributed by atoms with van der Waals surface area (Å²) < 4.78 is 0. The zero-order chi connectivity index (χ0) is 19.7. The van der Waals surface area contributed by atoms with Crippen LogP contribution in [0.1, 0.15) is 30.5 Å². The summed E-state index contributed by atoms with van der Waals surface area (Å²) in [6, 6.07) is 8.54. The molecule has 1 aliphatic carbocycles. The Morgan fingerprint density at radius 1 is 1.25 bits per heavy atom. The summed E-state index contributed by atoms with van der Waals surface area (Å²) >= 11 is 0. The molecule has 2 aromatic heterocycles. The molecule has 1 amide bonds. The molecule has 0 fully saturated rings. The van der Waals surface area contributed by atoms with E-state index in [2.05, 4.69) is 25.8 Å². The van der Waals surface area contributed by atoms with E-state index in [1.807, 2.05) is 18.2 Å². The van der Waals surface area contributed by atoms with E-state index >= 15 is 0 Å². The quantitative estimate of drug-likeness (QED) is 0.515. The van der Waals surface area contributed by atoms with Gasteiger partial charge in [0.05, 0.1) is 23.4 Å². The first-order valence-corrected chi connectivity index (χ1v) is 8.70. The second-order valence-corrected chi connectivity index (χ2v) is 6.44. The van der Waals surface area contributed by atoms with Gasteiger partial charge in [-0.1, -0.05) is 6.07 Å². The van der Waals surface area contributed by atoms with Gasteiger partial charge in [0.15, 0.2) is 5.82 Å². The summed E-state index contributed by atoms with van der Waals surface area (Å²) in [6.07, 6.45) is 4.66. The van der Waals surface area contributed by atoms with Crippen LogP contribution in [0.25, 0.3) is 5.82 Å². The number of carbonyl (C=O) groups excluding carboxylic acids is 1. The number of hydrogen-bond acceptors (Lipinski definition) is 7. The van der Waals surface area contributed by atoms with Crippen molar-refractivity contribution in [3.8, 4) is 5.82 Å². The molecular weight excluding hydrogens is 362 g/mol. The monoisotopic (exact) mass is 379 g/mol. The minimum absolute atomic E-state index is 0.00299. The van der Waals surface area contributed by atoms with Gasteiger partial charge in [0, 0.05) is 18.7 Å². The maximum atomic E-state index is 11.4. The van der Waals surface area contributed by atoms with Gasteiger partial charge in [-0.25, -0.2) is 4.98 Å². The fourth-order valence-corrected chi connectivity index (χ4v) is 3.35. The van der Waals surface area contributed by atoms with Crippen molar-refractivity contribution in [2.75, 3.05) is 5.32 Å². The molecule has 28 heavy (non-hydrogen) atoms. The number of benzene rings is 1. The van der Waals surface area contributed by atoms with Crippen LogP contribution in [0.2, 0.25) is 0 Å². The number of hydrogen-bond donors (Lipinski definition) is 2. The summed E-state index contributed by atoms with van der Waals surface area (Å²) in [4.78, 5) is 27.8. The number of nitro groups is 1. The minimum Gasteiger partial charge on any atom is -0.350 e. The average molecular weight is 379 g/mol. The highest BCUT2D eigenvalue weighted by Gasteiger charge is 2.24. The van der Waals surface area contributed by atoms with Gasteiger partial charge >= 0.3 is 5.69 Å². The van der Waals surface area contributed by atoms with Crippen molar-refractivity contribution in [1.29, 1.82) is 0 Å². The molecule has 0 unspecified atom stereocenters. The van der Waals surface area contributed by atoms with Crippen molar-refractivity contribution < 1.29 is 9.72 Å². The topological polar surface area (TPSA) is 128 Å². The first-order chi connectivity index (χ1) is 13.5. The Morgan fingerprint density at radius 2 is 2.04 bits per heavy atom. The molecule has 0 spiro atoms. The fraction of sp³-hybridized carbons (Fsp3) is 0.222. The first kappa shape index (κ1) is 17.6. The molecule has 0 radical (unpaired) electrons. The lowest BCUT2D eigenvalue weighted by atomic mass is 10.1. The molecule has 2 N–H and O–H groups in total. The van der Waals surface area contributed by atoms with Crippen LogP contribution >= 0.6 is 0 Å². The van der Waals surface area contributed by atoms with E-state index in [1.165, 1.54) is 36.2 Å². The second kappa shape index (κ2) is 7.06. The Morgan fingerprint density at radius 3 is 2.75 bits per heavy atom. The number of nitrogens with one attached hydrogen (secondary N) is 2. The van der Waals surface area contributed by atoms with Crippen LogP contribution in [0, 0.1) is 10.1 Å². The molecule has 1 aromatic carbocycles. The molecule has 3 aromatic rings. The number of nitrogens with zero attached hydrogens (tertiary/aromatic N) is 5. The van der Waals surface area contributed by atoms with Gasteiger partial charge in [-0.05, 0) is 42.2 Å². The van der Waals surface area contributed by atoms with Gasteiger partial charge in [-0.2, -0.15) is 10.2 Å². The number of amides is 1. The number of carbonyl (C=O) groups is 1. The van der Waals surface area contributed by atoms with Crippen LogP contribution in [0.3, 0.4) is 0 Å². The highest BCUT2D eigenvalue weighted by molar-refractivity contribution is 5.74. The highest BCUT2D eigenvalue weighted by atomic mass is 16.6. The summed E-state index contributed by atoms with van der Waals surface area (Å²) in [7, 11) is 0. The molecule has 10 nitrogen and oxygen atoms in total. The lowest BCUT2D eigenvalue weighted by Crippen LogP contribution is -2.24. The van der Waals surface area contributed by atoms with Crippen LogP contribution in [-0.4, -0.2) is 30.8 Å². The van der Waals surface area contributed by atoms with E-state index in [-0.39, 0.29) is 23.5 Å². The van der Waals surface area contributed by atoms with Crippen molar-refractivity contribution in [3.05, 3.63) is 64.0 Å². The summed E-state index contributed by atoms with van der Waals surface area (Å²) in [6.45, 7) is 1.50. The average Bonchev–Trinajstić information content (AvgIpc) is 3.31. The largest absolute Gasteiger partial charge is 0.350 e. The Bertz CT molecular complexity index is 1050. The van der Waals surface area contributed by atoms with Crippen LogP contribution < -0.4 is 10.6 Å². The van der Waals surface area contributed by atoms with Gasteiger partial charge in [-0.15, -0.1) is 4.80 Å². The first-order valence-electron chi connectivity index (χ1n) is 8.70. The van der Waals surface area contributed by atoms with E-state index in [4.69, 9.17) is 0 Å². The third-order valence-corrected chi connectivity index (χ3v) is 4.54. The maximum absolute atomic E-state index is 11.4.